The van der Waals surface area contributed by atoms with Crippen LogP contribution in [0.1, 0.15) is 37.7 Å². The minimum Gasteiger partial charge on any atom is -0.454 e. The SMILES string of the molecule is CN(C)CCn1c(=O)c2cc(OC(=O)N3CCC(N4CCCCC4)CC3)c(CO)cc2c2cnc3cc4c(cc3c21)OCO4. The maximum atomic E-state index is 14.2. The van der Waals surface area contributed by atoms with E-state index >= 15 is 0 Å². The van der Waals surface area contributed by atoms with E-state index in [1.165, 1.54) is 19.3 Å². The smallest absolute Gasteiger partial charge is 0.415 e. The Morgan fingerprint density at radius 1 is 0.977 bits per heavy atom. The van der Waals surface area contributed by atoms with Crippen molar-refractivity contribution in [2.24, 2.45) is 0 Å². The molecule has 2 aromatic carbocycles. The molecule has 0 spiro atoms. The van der Waals surface area contributed by atoms with E-state index in [2.05, 4.69) is 4.90 Å². The second-order valence-electron chi connectivity index (χ2n) is 12.3. The van der Waals surface area contributed by atoms with Crippen molar-refractivity contribution in [2.75, 3.05) is 53.6 Å². The fourth-order valence-corrected chi connectivity index (χ4v) is 6.91. The van der Waals surface area contributed by atoms with Gasteiger partial charge in [0.25, 0.3) is 5.56 Å². The van der Waals surface area contributed by atoms with E-state index < -0.39 is 6.09 Å². The van der Waals surface area contributed by atoms with Crippen molar-refractivity contribution < 1.29 is 24.1 Å². The van der Waals surface area contributed by atoms with Crippen molar-refractivity contribution in [3.8, 4) is 17.2 Å². The lowest BCUT2D eigenvalue weighted by atomic mass is 10.0. The molecule has 1 N–H and O–H groups in total. The number of fused-ring (bicyclic) bond motifs is 6. The van der Waals surface area contributed by atoms with E-state index in [-0.39, 0.29) is 24.7 Å². The Labute approximate surface area is 255 Å². The summed E-state index contributed by atoms with van der Waals surface area (Å²) in [5.41, 5.74) is 1.66. The van der Waals surface area contributed by atoms with Crippen molar-refractivity contribution in [1.82, 2.24) is 24.3 Å². The first-order chi connectivity index (χ1) is 21.4. The van der Waals surface area contributed by atoms with E-state index in [0.717, 1.165) is 42.2 Å². The summed E-state index contributed by atoms with van der Waals surface area (Å²) in [5.74, 6) is 1.43. The average Bonchev–Trinajstić information content (AvgIpc) is 3.51. The third-order valence-corrected chi connectivity index (χ3v) is 9.34. The van der Waals surface area contributed by atoms with Gasteiger partial charge in [-0.05, 0) is 76.5 Å². The zero-order valence-electron chi connectivity index (χ0n) is 25.4. The number of pyridine rings is 2. The zero-order valence-corrected chi connectivity index (χ0v) is 25.4. The number of nitrogens with zero attached hydrogens (tertiary/aromatic N) is 5. The molecule has 0 saturated carbocycles. The second-order valence-corrected chi connectivity index (χ2v) is 12.3. The van der Waals surface area contributed by atoms with E-state index in [4.69, 9.17) is 19.2 Å². The Bertz CT molecular complexity index is 1790. The van der Waals surface area contributed by atoms with Crippen molar-refractivity contribution >= 4 is 38.7 Å². The molecule has 3 aliphatic heterocycles. The highest BCUT2D eigenvalue weighted by atomic mass is 16.7. The van der Waals surface area contributed by atoms with Gasteiger partial charge in [-0.25, -0.2) is 4.79 Å². The van der Waals surface area contributed by atoms with Crippen LogP contribution in [0.2, 0.25) is 0 Å². The van der Waals surface area contributed by atoms with Crippen LogP contribution in [-0.2, 0) is 13.2 Å². The van der Waals surface area contributed by atoms with Crippen LogP contribution in [0.15, 0.2) is 35.3 Å². The predicted molar refractivity (Wildman–Crippen MR) is 168 cm³/mol. The minimum atomic E-state index is -0.450. The summed E-state index contributed by atoms with van der Waals surface area (Å²) in [6, 6.07) is 7.57. The first-order valence-electron chi connectivity index (χ1n) is 15.6. The van der Waals surface area contributed by atoms with Gasteiger partial charge in [0.2, 0.25) is 6.79 Å². The summed E-state index contributed by atoms with van der Waals surface area (Å²) in [5, 5.41) is 12.9. The summed E-state index contributed by atoms with van der Waals surface area (Å²) in [6.45, 7) is 4.40. The van der Waals surface area contributed by atoms with Gasteiger partial charge in [-0.1, -0.05) is 6.42 Å². The first-order valence-corrected chi connectivity index (χ1v) is 15.6. The fraction of sp³-hybridized carbons (Fsp3) is 0.485. The molecule has 0 unspecified atom stereocenters. The maximum absolute atomic E-state index is 14.2. The van der Waals surface area contributed by atoms with Gasteiger partial charge in [-0.3, -0.25) is 9.78 Å². The summed E-state index contributed by atoms with van der Waals surface area (Å²) < 4.78 is 18.9. The normalized spacial score (nSPS) is 17.8. The molecule has 232 valence electrons. The molecule has 44 heavy (non-hydrogen) atoms. The molecule has 11 nitrogen and oxygen atoms in total. The lowest BCUT2D eigenvalue weighted by Gasteiger charge is -2.39. The number of rotatable bonds is 6. The summed E-state index contributed by atoms with van der Waals surface area (Å²) >= 11 is 0. The van der Waals surface area contributed by atoms with Gasteiger partial charge in [0.1, 0.15) is 5.75 Å². The highest BCUT2D eigenvalue weighted by molar-refractivity contribution is 6.15. The number of likely N-dealkylation sites (N-methyl/N-ethyl adjacent to an activating group) is 1. The number of ether oxygens (including phenoxy) is 3. The van der Waals surface area contributed by atoms with Gasteiger partial charge in [0, 0.05) is 60.8 Å². The number of aromatic nitrogens is 2. The quantitative estimate of drug-likeness (QED) is 0.329. The number of benzene rings is 2. The van der Waals surface area contributed by atoms with E-state index in [0.29, 0.717) is 65.6 Å². The molecule has 2 saturated heterocycles. The average molecular weight is 602 g/mol. The van der Waals surface area contributed by atoms with Crippen LogP contribution in [0.4, 0.5) is 4.79 Å². The van der Waals surface area contributed by atoms with Crippen LogP contribution < -0.4 is 19.8 Å². The highest BCUT2D eigenvalue weighted by Gasteiger charge is 2.29. The number of piperidine rings is 2. The Morgan fingerprint density at radius 3 is 2.45 bits per heavy atom. The van der Waals surface area contributed by atoms with Gasteiger partial charge in [0.05, 0.1) is 23.0 Å². The first kappa shape index (κ1) is 28.8. The Balaban J connectivity index is 1.26. The molecule has 1 amide bonds. The molecule has 4 aromatic rings. The third-order valence-electron chi connectivity index (χ3n) is 9.34. The van der Waals surface area contributed by atoms with Crippen molar-refractivity contribution in [2.45, 2.75) is 51.3 Å². The molecule has 2 fully saturated rings. The molecular weight excluding hydrogens is 562 g/mol. The molecule has 0 atom stereocenters. The molecule has 0 radical (unpaired) electrons. The standard InChI is InChI=1S/C33H39N5O6/c1-35(2)12-13-38-31-25-16-29-30(43-20-42-29)17-27(25)34-18-26(31)23-14-21(19-39)28(15-24(23)32(38)40)44-33(41)37-10-6-22(7-11-37)36-8-4-3-5-9-36/h14-18,22,39H,3-13,19-20H2,1-2H3. The van der Waals surface area contributed by atoms with E-state index in [1.54, 1.807) is 27.8 Å². The highest BCUT2D eigenvalue weighted by Crippen LogP contribution is 2.39. The number of carbonyl (C=O) groups excluding carboxylic acids is 1. The number of hydrogen-bond donors (Lipinski definition) is 1. The molecule has 0 aliphatic carbocycles. The molecule has 0 bridgehead atoms. The second kappa shape index (κ2) is 11.9. The number of amides is 1. The van der Waals surface area contributed by atoms with Crippen molar-refractivity contribution in [3.05, 3.63) is 46.4 Å². The topological polar surface area (TPSA) is 110 Å². The number of aliphatic hydroxyl groups excluding tert-OH is 1. The number of hydrogen-bond acceptors (Lipinski definition) is 9. The zero-order chi connectivity index (χ0) is 30.4. The van der Waals surface area contributed by atoms with Crippen LogP contribution in [0.5, 0.6) is 17.2 Å². The Hall–Kier alpha value is -3.93. The van der Waals surface area contributed by atoms with Crippen LogP contribution in [0, 0.1) is 0 Å². The molecule has 3 aliphatic rings. The molecule has 11 heteroatoms. The van der Waals surface area contributed by atoms with Gasteiger partial charge in [-0.15, -0.1) is 0 Å². The summed E-state index contributed by atoms with van der Waals surface area (Å²) in [7, 11) is 3.93. The largest absolute Gasteiger partial charge is 0.454 e. The molecule has 7 rings (SSSR count). The molecular formula is C33H39N5O6. The van der Waals surface area contributed by atoms with Crippen LogP contribution in [0.25, 0.3) is 32.6 Å². The number of likely N-dealkylation sites (tertiary alicyclic amines) is 2. The van der Waals surface area contributed by atoms with Gasteiger partial charge >= 0.3 is 6.09 Å². The van der Waals surface area contributed by atoms with Gasteiger partial charge < -0.3 is 38.6 Å². The van der Waals surface area contributed by atoms with Crippen molar-refractivity contribution in [1.29, 1.82) is 0 Å². The molecule has 5 heterocycles. The maximum Gasteiger partial charge on any atom is 0.415 e. The minimum absolute atomic E-state index is 0.137. The fourth-order valence-electron chi connectivity index (χ4n) is 6.91. The number of carbonyl (C=O) groups is 1. The van der Waals surface area contributed by atoms with Gasteiger partial charge in [0.15, 0.2) is 11.5 Å². The molecule has 2 aromatic heterocycles. The lowest BCUT2D eigenvalue weighted by Crippen LogP contribution is -2.48. The third kappa shape index (κ3) is 5.22. The Kier molecular flexibility index (Phi) is 7.77. The van der Waals surface area contributed by atoms with E-state index in [9.17, 15) is 14.7 Å². The van der Waals surface area contributed by atoms with Crippen LogP contribution in [-0.4, -0.2) is 95.1 Å². The summed E-state index contributed by atoms with van der Waals surface area (Å²) in [6.07, 6.45) is 6.94. The summed E-state index contributed by atoms with van der Waals surface area (Å²) in [4.78, 5) is 38.6. The van der Waals surface area contributed by atoms with Crippen LogP contribution in [0.3, 0.4) is 0 Å². The van der Waals surface area contributed by atoms with Crippen molar-refractivity contribution in [3.63, 3.8) is 0 Å². The Morgan fingerprint density at radius 2 is 1.73 bits per heavy atom. The van der Waals surface area contributed by atoms with Crippen LogP contribution >= 0.6 is 0 Å². The predicted octanol–water partition coefficient (Wildman–Crippen LogP) is 3.93. The lowest BCUT2D eigenvalue weighted by molar-refractivity contribution is 0.0875. The van der Waals surface area contributed by atoms with E-state index in [1.807, 2.05) is 31.1 Å². The monoisotopic (exact) mass is 601 g/mol. The number of aliphatic hydroxyl groups is 1. The van der Waals surface area contributed by atoms with Gasteiger partial charge in [-0.2, -0.15) is 0 Å².